The molecule has 0 aromatic heterocycles. The molecule has 3 rings (SSSR count). The number of benzene rings is 2. The zero-order valence-electron chi connectivity index (χ0n) is 12.3. The van der Waals surface area contributed by atoms with Crippen LogP contribution in [0.4, 0.5) is 0 Å². The summed E-state index contributed by atoms with van der Waals surface area (Å²) in [4.78, 5) is 5.28. The molecule has 2 aromatic rings. The van der Waals surface area contributed by atoms with Crippen LogP contribution < -0.4 is 15.0 Å². The molecule has 0 aliphatic carbocycles. The van der Waals surface area contributed by atoms with E-state index in [4.69, 9.17) is 14.3 Å². The highest BCUT2D eigenvalue weighted by Gasteiger charge is 2.24. The highest BCUT2D eigenvalue weighted by molar-refractivity contribution is 5.45. The third-order valence-corrected chi connectivity index (χ3v) is 3.44. The Morgan fingerprint density at radius 3 is 2.91 bits per heavy atom. The Bertz CT molecular complexity index is 627. The topological polar surface area (TPSA) is 39.7 Å². The molecule has 1 aliphatic heterocycles. The maximum Gasteiger partial charge on any atom is 0.128 e. The molecule has 4 nitrogen and oxygen atoms in total. The van der Waals surface area contributed by atoms with Crippen LogP contribution in [-0.2, 0) is 11.4 Å². The fourth-order valence-corrected chi connectivity index (χ4v) is 2.33. The van der Waals surface area contributed by atoms with Crippen LogP contribution in [-0.4, -0.2) is 13.2 Å². The lowest BCUT2D eigenvalue weighted by molar-refractivity contribution is 0.0291. The summed E-state index contributed by atoms with van der Waals surface area (Å²) in [5.74, 6) is 1.64. The van der Waals surface area contributed by atoms with Gasteiger partial charge in [-0.15, -0.1) is 6.58 Å². The quantitative estimate of drug-likeness (QED) is 0.483. The van der Waals surface area contributed by atoms with E-state index in [2.05, 4.69) is 12.1 Å². The average Bonchev–Trinajstić information content (AvgIpc) is 2.97. The molecule has 0 saturated carbocycles. The zero-order valence-corrected chi connectivity index (χ0v) is 12.3. The monoisotopic (exact) mass is 297 g/mol. The van der Waals surface area contributed by atoms with Gasteiger partial charge in [0, 0.05) is 11.6 Å². The summed E-state index contributed by atoms with van der Waals surface area (Å²) in [6, 6.07) is 16.0. The smallest absolute Gasteiger partial charge is 0.128 e. The van der Waals surface area contributed by atoms with E-state index in [-0.39, 0.29) is 6.04 Å². The van der Waals surface area contributed by atoms with E-state index in [0.29, 0.717) is 19.8 Å². The largest absolute Gasteiger partial charge is 0.491 e. The fourth-order valence-electron chi connectivity index (χ4n) is 2.33. The van der Waals surface area contributed by atoms with Crippen LogP contribution in [0.5, 0.6) is 11.5 Å². The van der Waals surface area contributed by atoms with Crippen LogP contribution in [0, 0.1) is 0 Å². The first-order chi connectivity index (χ1) is 10.9. The van der Waals surface area contributed by atoms with Crippen LogP contribution in [0.3, 0.4) is 0 Å². The van der Waals surface area contributed by atoms with E-state index in [1.165, 1.54) is 0 Å². The first-order valence-electron chi connectivity index (χ1n) is 7.28. The van der Waals surface area contributed by atoms with Crippen molar-refractivity contribution in [1.82, 2.24) is 5.48 Å². The van der Waals surface area contributed by atoms with Crippen molar-refractivity contribution >= 4 is 0 Å². The summed E-state index contributed by atoms with van der Waals surface area (Å²) in [7, 11) is 0. The second-order valence-corrected chi connectivity index (χ2v) is 5.06. The van der Waals surface area contributed by atoms with Crippen LogP contribution in [0.25, 0.3) is 0 Å². The number of hydroxylamine groups is 1. The minimum absolute atomic E-state index is 0.0399. The Kier molecular flexibility index (Phi) is 4.73. The van der Waals surface area contributed by atoms with E-state index < -0.39 is 0 Å². The van der Waals surface area contributed by atoms with E-state index in [1.807, 2.05) is 48.5 Å². The van der Waals surface area contributed by atoms with Crippen molar-refractivity contribution in [2.45, 2.75) is 12.6 Å². The van der Waals surface area contributed by atoms with E-state index in [1.54, 1.807) is 6.08 Å². The minimum Gasteiger partial charge on any atom is -0.491 e. The summed E-state index contributed by atoms with van der Waals surface area (Å²) in [5, 5.41) is 0. The number of nitrogens with one attached hydrogen (secondary N) is 1. The Morgan fingerprint density at radius 2 is 2.09 bits per heavy atom. The van der Waals surface area contributed by atoms with Gasteiger partial charge in [-0.05, 0) is 17.7 Å². The first kappa shape index (κ1) is 14.6. The van der Waals surface area contributed by atoms with E-state index in [9.17, 15) is 0 Å². The van der Waals surface area contributed by atoms with Crippen LogP contribution in [0.2, 0.25) is 0 Å². The summed E-state index contributed by atoms with van der Waals surface area (Å²) in [5.41, 5.74) is 5.20. The van der Waals surface area contributed by atoms with Crippen molar-refractivity contribution in [3.05, 3.63) is 72.3 Å². The third-order valence-electron chi connectivity index (χ3n) is 3.44. The molecule has 0 amide bonds. The summed E-state index contributed by atoms with van der Waals surface area (Å²) in [6.07, 6.45) is 1.70. The van der Waals surface area contributed by atoms with Gasteiger partial charge in [0.05, 0.1) is 12.6 Å². The van der Waals surface area contributed by atoms with Gasteiger partial charge >= 0.3 is 0 Å². The van der Waals surface area contributed by atoms with Crippen molar-refractivity contribution in [2.75, 3.05) is 13.2 Å². The van der Waals surface area contributed by atoms with Crippen molar-refractivity contribution in [2.24, 2.45) is 0 Å². The third kappa shape index (κ3) is 3.47. The number of hydrogen-bond acceptors (Lipinski definition) is 4. The molecule has 22 heavy (non-hydrogen) atoms. The normalized spacial score (nSPS) is 15.9. The summed E-state index contributed by atoms with van der Waals surface area (Å²) >= 11 is 0. The van der Waals surface area contributed by atoms with Crippen LogP contribution >= 0.6 is 0 Å². The van der Waals surface area contributed by atoms with Gasteiger partial charge in [-0.2, -0.15) is 5.48 Å². The molecule has 0 saturated heterocycles. The Hall–Kier alpha value is -2.30. The molecule has 2 aromatic carbocycles. The first-order valence-corrected chi connectivity index (χ1v) is 7.28. The van der Waals surface area contributed by atoms with Gasteiger partial charge in [-0.3, -0.25) is 4.84 Å². The summed E-state index contributed by atoms with van der Waals surface area (Å²) in [6.45, 7) is 5.17. The second kappa shape index (κ2) is 7.11. The number of ether oxygens (including phenoxy) is 2. The molecular formula is C18H19NO3. The molecule has 1 unspecified atom stereocenters. The average molecular weight is 297 g/mol. The zero-order chi connectivity index (χ0) is 15.2. The van der Waals surface area contributed by atoms with Crippen LogP contribution in [0.15, 0.2) is 61.2 Å². The molecule has 0 bridgehead atoms. The Labute approximate surface area is 130 Å². The molecule has 4 heteroatoms. The highest BCUT2D eigenvalue weighted by atomic mass is 16.6. The number of hydrogen-bond donors (Lipinski definition) is 1. The lowest BCUT2D eigenvalue weighted by Gasteiger charge is -2.11. The molecule has 0 radical (unpaired) electrons. The van der Waals surface area contributed by atoms with Gasteiger partial charge in [0.15, 0.2) is 0 Å². The van der Waals surface area contributed by atoms with Gasteiger partial charge < -0.3 is 9.47 Å². The number of fused-ring (bicyclic) bond motifs is 1. The van der Waals surface area contributed by atoms with E-state index in [0.717, 1.165) is 22.6 Å². The Balaban J connectivity index is 1.61. The summed E-state index contributed by atoms with van der Waals surface area (Å²) < 4.78 is 11.5. The molecule has 0 spiro atoms. The van der Waals surface area contributed by atoms with Crippen LogP contribution in [0.1, 0.15) is 17.2 Å². The predicted octanol–water partition coefficient (Wildman–Crippen LogP) is 3.41. The maximum atomic E-state index is 5.81. The molecule has 1 atom stereocenters. The molecule has 1 aliphatic rings. The van der Waals surface area contributed by atoms with Gasteiger partial charge in [0.25, 0.3) is 0 Å². The SMILES string of the molecule is C=CCONC1COc2cc(OCc3ccccc3)ccc21. The molecular weight excluding hydrogens is 278 g/mol. The molecule has 114 valence electrons. The van der Waals surface area contributed by atoms with Gasteiger partial charge in [-0.1, -0.05) is 36.4 Å². The van der Waals surface area contributed by atoms with Gasteiger partial charge in [0.2, 0.25) is 0 Å². The number of rotatable bonds is 7. The lowest BCUT2D eigenvalue weighted by Crippen LogP contribution is -2.22. The molecule has 1 N–H and O–H groups in total. The maximum absolute atomic E-state index is 5.81. The van der Waals surface area contributed by atoms with Gasteiger partial charge in [0.1, 0.15) is 24.7 Å². The van der Waals surface area contributed by atoms with Gasteiger partial charge in [-0.25, -0.2) is 0 Å². The van der Waals surface area contributed by atoms with Crippen molar-refractivity contribution in [1.29, 1.82) is 0 Å². The van der Waals surface area contributed by atoms with Crippen molar-refractivity contribution < 1.29 is 14.3 Å². The standard InChI is InChI=1S/C18H19NO3/c1-2-10-22-19-17-13-21-18-11-15(8-9-16(17)18)20-12-14-6-4-3-5-7-14/h2-9,11,17,19H,1,10,12-13H2. The highest BCUT2D eigenvalue weighted by Crippen LogP contribution is 2.35. The second-order valence-electron chi connectivity index (χ2n) is 5.06. The predicted molar refractivity (Wildman–Crippen MR) is 84.7 cm³/mol. The Morgan fingerprint density at radius 1 is 1.23 bits per heavy atom. The van der Waals surface area contributed by atoms with Crippen molar-refractivity contribution in [3.63, 3.8) is 0 Å². The van der Waals surface area contributed by atoms with Crippen molar-refractivity contribution in [3.8, 4) is 11.5 Å². The molecule has 1 heterocycles. The lowest BCUT2D eigenvalue weighted by atomic mass is 10.1. The minimum atomic E-state index is 0.0399. The fraction of sp³-hybridized carbons (Fsp3) is 0.222. The van der Waals surface area contributed by atoms with E-state index >= 15 is 0 Å². The molecule has 0 fully saturated rings.